The van der Waals surface area contributed by atoms with Crippen LogP contribution in [0.5, 0.6) is 34.5 Å². The number of ether oxygens (including phenoxy) is 6. The van der Waals surface area contributed by atoms with E-state index in [-0.39, 0.29) is 0 Å². The van der Waals surface area contributed by atoms with Gasteiger partial charge in [-0.05, 0) is 47.6 Å². The van der Waals surface area contributed by atoms with E-state index in [4.69, 9.17) is 28.4 Å². The summed E-state index contributed by atoms with van der Waals surface area (Å²) in [6, 6.07) is 18.2. The second-order valence-corrected chi connectivity index (χ2v) is 10.3. The second-order valence-electron chi connectivity index (χ2n) is 10.3. The Balaban J connectivity index is 0.000000133. The van der Waals surface area contributed by atoms with Gasteiger partial charge in [-0.2, -0.15) is 0 Å². The molecule has 0 aromatic heterocycles. The Labute approximate surface area is 226 Å². The number of para-hydroxylation sites is 2. The first-order valence-corrected chi connectivity index (χ1v) is 13.5. The van der Waals surface area contributed by atoms with Crippen molar-refractivity contribution in [2.75, 3.05) is 33.2 Å². The number of benzene rings is 3. The highest BCUT2D eigenvalue weighted by Gasteiger charge is 2.19. The number of hydrogen-bond acceptors (Lipinski definition) is 6. The van der Waals surface area contributed by atoms with Crippen molar-refractivity contribution in [2.24, 2.45) is 0 Å². The summed E-state index contributed by atoms with van der Waals surface area (Å²) in [5, 5.41) is 0. The molecule has 0 saturated carbocycles. The monoisotopic (exact) mass is 520 g/mol. The minimum atomic E-state index is 0.360. The molecule has 3 aliphatic rings. The van der Waals surface area contributed by atoms with Crippen molar-refractivity contribution in [3.8, 4) is 34.5 Å². The zero-order valence-corrected chi connectivity index (χ0v) is 23.4. The molecular formula is C32H40O6. The van der Waals surface area contributed by atoms with Gasteiger partial charge in [-0.1, -0.05) is 71.9 Å². The van der Waals surface area contributed by atoms with Gasteiger partial charge in [0.05, 0.1) is 0 Å². The third-order valence-corrected chi connectivity index (χ3v) is 6.50. The smallest absolute Gasteiger partial charge is 0.231 e. The highest BCUT2D eigenvalue weighted by molar-refractivity contribution is 5.50. The molecule has 6 rings (SSSR count). The Hall–Kier alpha value is -3.54. The van der Waals surface area contributed by atoms with Crippen LogP contribution in [-0.2, 0) is 0 Å². The van der Waals surface area contributed by atoms with E-state index in [1.807, 2.05) is 30.3 Å². The Bertz CT molecular complexity index is 1200. The summed E-state index contributed by atoms with van der Waals surface area (Å²) in [4.78, 5) is 0. The first kappa shape index (κ1) is 27.5. The molecule has 0 N–H and O–H groups in total. The van der Waals surface area contributed by atoms with Crippen LogP contribution in [0.4, 0.5) is 0 Å². The fraction of sp³-hybridized carbons (Fsp3) is 0.438. The van der Waals surface area contributed by atoms with Gasteiger partial charge in [-0.25, -0.2) is 0 Å². The SMILES string of the molecule is CC(C)c1ccc2c(c1)OCCO2.CC(C)c1cccc2c1OCCO2.CC(C)c1cccc2c1OCO2. The number of fused-ring (bicyclic) bond motifs is 3. The average Bonchev–Trinajstić information content (AvgIpc) is 3.42. The third kappa shape index (κ3) is 6.66. The van der Waals surface area contributed by atoms with E-state index in [9.17, 15) is 0 Å². The molecule has 3 heterocycles. The minimum Gasteiger partial charge on any atom is -0.486 e. The normalized spacial score (nSPS) is 14.4. The van der Waals surface area contributed by atoms with Crippen LogP contribution >= 0.6 is 0 Å². The molecule has 6 nitrogen and oxygen atoms in total. The van der Waals surface area contributed by atoms with Crippen LogP contribution in [0.15, 0.2) is 54.6 Å². The van der Waals surface area contributed by atoms with Crippen molar-refractivity contribution in [1.82, 2.24) is 0 Å². The average molecular weight is 521 g/mol. The number of hydrogen-bond donors (Lipinski definition) is 0. The first-order chi connectivity index (χ1) is 18.3. The van der Waals surface area contributed by atoms with Gasteiger partial charge in [-0.3, -0.25) is 0 Å². The summed E-state index contributed by atoms with van der Waals surface area (Å²) >= 11 is 0. The summed E-state index contributed by atoms with van der Waals surface area (Å²) in [6.45, 7) is 16.0. The largest absolute Gasteiger partial charge is 0.486 e. The first-order valence-electron chi connectivity index (χ1n) is 13.5. The van der Waals surface area contributed by atoms with E-state index in [0.717, 1.165) is 34.5 Å². The van der Waals surface area contributed by atoms with Gasteiger partial charge in [0.1, 0.15) is 26.4 Å². The van der Waals surface area contributed by atoms with Crippen LogP contribution < -0.4 is 28.4 Å². The minimum absolute atomic E-state index is 0.360. The Morgan fingerprint density at radius 2 is 1.00 bits per heavy atom. The van der Waals surface area contributed by atoms with Crippen molar-refractivity contribution in [2.45, 2.75) is 59.3 Å². The lowest BCUT2D eigenvalue weighted by Gasteiger charge is -2.22. The molecule has 3 aromatic rings. The van der Waals surface area contributed by atoms with Crippen LogP contribution in [0.3, 0.4) is 0 Å². The van der Waals surface area contributed by atoms with Gasteiger partial charge >= 0.3 is 0 Å². The Morgan fingerprint density at radius 3 is 1.61 bits per heavy atom. The van der Waals surface area contributed by atoms with Gasteiger partial charge in [0.25, 0.3) is 0 Å². The molecule has 3 aromatic carbocycles. The second kappa shape index (κ2) is 12.8. The van der Waals surface area contributed by atoms with Crippen LogP contribution in [0.2, 0.25) is 0 Å². The van der Waals surface area contributed by atoms with E-state index < -0.39 is 0 Å². The van der Waals surface area contributed by atoms with Crippen LogP contribution in [0.25, 0.3) is 0 Å². The van der Waals surface area contributed by atoms with Gasteiger partial charge in [0.15, 0.2) is 34.5 Å². The molecule has 0 fully saturated rings. The van der Waals surface area contributed by atoms with E-state index in [1.54, 1.807) is 0 Å². The Kier molecular flexibility index (Phi) is 9.27. The van der Waals surface area contributed by atoms with Gasteiger partial charge in [0, 0.05) is 11.1 Å². The Morgan fingerprint density at radius 1 is 0.474 bits per heavy atom. The fourth-order valence-electron chi connectivity index (χ4n) is 4.38. The van der Waals surface area contributed by atoms with E-state index in [1.165, 1.54) is 16.7 Å². The summed E-state index contributed by atoms with van der Waals surface area (Å²) in [6.07, 6.45) is 0. The molecule has 3 aliphatic heterocycles. The van der Waals surface area contributed by atoms with E-state index in [0.29, 0.717) is 51.0 Å². The maximum Gasteiger partial charge on any atom is 0.231 e. The predicted octanol–water partition coefficient (Wildman–Crippen LogP) is 7.70. The quantitative estimate of drug-likeness (QED) is 0.353. The highest BCUT2D eigenvalue weighted by atomic mass is 16.7. The van der Waals surface area contributed by atoms with Crippen LogP contribution in [-0.4, -0.2) is 33.2 Å². The van der Waals surface area contributed by atoms with Crippen molar-refractivity contribution in [1.29, 1.82) is 0 Å². The molecule has 0 unspecified atom stereocenters. The van der Waals surface area contributed by atoms with Crippen LogP contribution in [0, 0.1) is 0 Å². The molecule has 6 heteroatoms. The van der Waals surface area contributed by atoms with Crippen molar-refractivity contribution in [3.63, 3.8) is 0 Å². The maximum absolute atomic E-state index is 5.59. The topological polar surface area (TPSA) is 55.4 Å². The summed E-state index contributed by atoms with van der Waals surface area (Å²) < 4.78 is 32.6. The van der Waals surface area contributed by atoms with Crippen molar-refractivity contribution < 1.29 is 28.4 Å². The van der Waals surface area contributed by atoms with Gasteiger partial charge in [-0.15, -0.1) is 0 Å². The molecule has 0 aliphatic carbocycles. The van der Waals surface area contributed by atoms with E-state index >= 15 is 0 Å². The molecular weight excluding hydrogens is 480 g/mol. The molecule has 0 radical (unpaired) electrons. The van der Waals surface area contributed by atoms with Crippen molar-refractivity contribution in [3.05, 3.63) is 71.3 Å². The molecule has 0 saturated heterocycles. The fourth-order valence-corrected chi connectivity index (χ4v) is 4.38. The van der Waals surface area contributed by atoms with Gasteiger partial charge < -0.3 is 28.4 Å². The lowest BCUT2D eigenvalue weighted by atomic mass is 10.0. The summed E-state index contributed by atoms with van der Waals surface area (Å²) in [5.74, 6) is 6.89. The summed E-state index contributed by atoms with van der Waals surface area (Å²) in [7, 11) is 0. The molecule has 0 bridgehead atoms. The third-order valence-electron chi connectivity index (χ3n) is 6.50. The van der Waals surface area contributed by atoms with Gasteiger partial charge in [0.2, 0.25) is 6.79 Å². The lowest BCUT2D eigenvalue weighted by Crippen LogP contribution is -2.16. The lowest BCUT2D eigenvalue weighted by molar-refractivity contribution is 0.169. The molecule has 38 heavy (non-hydrogen) atoms. The zero-order valence-electron chi connectivity index (χ0n) is 23.4. The maximum atomic E-state index is 5.59. The highest BCUT2D eigenvalue weighted by Crippen LogP contribution is 2.39. The zero-order chi connectivity index (χ0) is 27.1. The molecule has 0 atom stereocenters. The van der Waals surface area contributed by atoms with E-state index in [2.05, 4.69) is 65.8 Å². The predicted molar refractivity (Wildman–Crippen MR) is 150 cm³/mol. The number of rotatable bonds is 3. The standard InChI is InChI=1S/2C11H14O2.C10H12O2/c1-8(2)9-3-4-10-11(7-9)13-6-5-12-10;1-8(2)9-4-3-5-10-11(9)13-7-6-12-10;1-7(2)8-4-3-5-9-10(8)12-6-11-9/h3-4,7-8H,5-6H2,1-2H3;3-5,8H,6-7H2,1-2H3;3-5,7H,6H2,1-2H3. The molecule has 204 valence electrons. The molecule has 0 amide bonds. The summed E-state index contributed by atoms with van der Waals surface area (Å²) in [5.41, 5.74) is 3.76. The van der Waals surface area contributed by atoms with Crippen LogP contribution in [0.1, 0.15) is 76.0 Å². The molecule has 0 spiro atoms. The van der Waals surface area contributed by atoms with Crippen molar-refractivity contribution >= 4 is 0 Å².